The molecule has 0 aromatic carbocycles. The summed E-state index contributed by atoms with van der Waals surface area (Å²) < 4.78 is 0. The van der Waals surface area contributed by atoms with Crippen molar-refractivity contribution in [2.24, 2.45) is 5.73 Å². The van der Waals surface area contributed by atoms with Gasteiger partial charge in [0.2, 0.25) is 0 Å². The van der Waals surface area contributed by atoms with Gasteiger partial charge < -0.3 is 5.73 Å². The van der Waals surface area contributed by atoms with Crippen LogP contribution in [0.4, 0.5) is 0 Å². The lowest BCUT2D eigenvalue weighted by Gasteiger charge is -2.00. The molecule has 0 amide bonds. The Bertz CT molecular complexity index is 66.1. The van der Waals surface area contributed by atoms with Gasteiger partial charge in [0.25, 0.3) is 0 Å². The maximum absolute atomic E-state index is 5.48. The maximum Gasteiger partial charge on any atom is 0.0111 e. The van der Waals surface area contributed by atoms with Gasteiger partial charge in [-0.1, -0.05) is 6.08 Å². The van der Waals surface area contributed by atoms with Crippen LogP contribution in [0.3, 0.4) is 0 Å². The molecule has 0 spiro atoms. The molecule has 0 bridgehead atoms. The lowest BCUT2D eigenvalue weighted by Crippen LogP contribution is -2.17. The van der Waals surface area contributed by atoms with Crippen LogP contribution in [-0.4, -0.2) is 17.5 Å². The van der Waals surface area contributed by atoms with E-state index in [1.807, 2.05) is 24.8 Å². The zero-order valence-corrected chi connectivity index (χ0v) is 7.30. The van der Waals surface area contributed by atoms with Crippen LogP contribution in [-0.2, 0) is 0 Å². The van der Waals surface area contributed by atoms with E-state index in [1.54, 1.807) is 0 Å². The van der Waals surface area contributed by atoms with Gasteiger partial charge in [-0.2, -0.15) is 11.8 Å². The third-order valence-electron chi connectivity index (χ3n) is 0.616. The minimum atomic E-state index is 0. The first kappa shape index (κ1) is 12.1. The lowest BCUT2D eigenvalue weighted by atomic mass is 10.4. The van der Waals surface area contributed by atoms with Crippen LogP contribution in [0.5, 0.6) is 0 Å². The Labute approximate surface area is 67.5 Å². The number of halogens is 1. The van der Waals surface area contributed by atoms with E-state index in [0.717, 1.165) is 11.5 Å². The fourth-order valence-electron chi connectivity index (χ4n) is 0.337. The van der Waals surface area contributed by atoms with Crippen molar-refractivity contribution in [3.05, 3.63) is 12.7 Å². The highest BCUT2D eigenvalue weighted by Crippen LogP contribution is 1.99. The second-order valence-electron chi connectivity index (χ2n) is 1.80. The molecule has 0 aliphatic rings. The molecule has 1 atom stereocenters. The molecule has 0 unspecified atom stereocenters. The third-order valence-corrected chi connectivity index (χ3v) is 1.85. The van der Waals surface area contributed by atoms with Crippen LogP contribution in [0.2, 0.25) is 0 Å². The molecule has 0 radical (unpaired) electrons. The van der Waals surface area contributed by atoms with Crippen LogP contribution in [0.25, 0.3) is 0 Å². The van der Waals surface area contributed by atoms with E-state index in [-0.39, 0.29) is 12.4 Å². The second kappa shape index (κ2) is 8.34. The molecule has 0 rings (SSSR count). The lowest BCUT2D eigenvalue weighted by molar-refractivity contribution is 0.848. The van der Waals surface area contributed by atoms with Crippen LogP contribution in [0.15, 0.2) is 12.7 Å². The number of hydrogen-bond acceptors (Lipinski definition) is 2. The van der Waals surface area contributed by atoms with Crippen molar-refractivity contribution in [2.45, 2.75) is 13.0 Å². The zero-order valence-electron chi connectivity index (χ0n) is 5.67. The molecule has 0 heterocycles. The van der Waals surface area contributed by atoms with E-state index in [4.69, 9.17) is 5.73 Å². The smallest absolute Gasteiger partial charge is 0.0111 e. The highest BCUT2D eigenvalue weighted by molar-refractivity contribution is 7.99. The minimum absolute atomic E-state index is 0. The van der Waals surface area contributed by atoms with E-state index < -0.39 is 0 Å². The summed E-state index contributed by atoms with van der Waals surface area (Å²) in [6.45, 7) is 5.61. The third kappa shape index (κ3) is 11.8. The largest absolute Gasteiger partial charge is 0.327 e. The average Bonchev–Trinajstić information content (AvgIpc) is 1.66. The van der Waals surface area contributed by atoms with Gasteiger partial charge >= 0.3 is 0 Å². The van der Waals surface area contributed by atoms with Gasteiger partial charge in [0.15, 0.2) is 0 Å². The summed E-state index contributed by atoms with van der Waals surface area (Å²) in [5, 5.41) is 0. The highest BCUT2D eigenvalue weighted by Gasteiger charge is 1.89. The van der Waals surface area contributed by atoms with Gasteiger partial charge in [0.1, 0.15) is 0 Å². The van der Waals surface area contributed by atoms with Crippen molar-refractivity contribution in [3.8, 4) is 0 Å². The van der Waals surface area contributed by atoms with Gasteiger partial charge in [0.05, 0.1) is 0 Å². The summed E-state index contributed by atoms with van der Waals surface area (Å²) in [6.07, 6.45) is 1.90. The van der Waals surface area contributed by atoms with E-state index in [1.165, 1.54) is 0 Å². The number of thioether (sulfide) groups is 1. The Morgan fingerprint density at radius 2 is 2.33 bits per heavy atom. The van der Waals surface area contributed by atoms with E-state index in [2.05, 4.69) is 6.58 Å². The molecule has 0 saturated carbocycles. The second-order valence-corrected chi connectivity index (χ2v) is 2.88. The molecular weight excluding hydrogens is 154 g/mol. The summed E-state index contributed by atoms with van der Waals surface area (Å²) in [5.41, 5.74) is 5.48. The summed E-state index contributed by atoms with van der Waals surface area (Å²) in [6, 6.07) is 0.319. The Morgan fingerprint density at radius 3 is 2.67 bits per heavy atom. The maximum atomic E-state index is 5.48. The first-order valence-electron chi connectivity index (χ1n) is 2.71. The molecule has 9 heavy (non-hydrogen) atoms. The zero-order chi connectivity index (χ0) is 6.41. The van der Waals surface area contributed by atoms with Crippen molar-refractivity contribution in [3.63, 3.8) is 0 Å². The topological polar surface area (TPSA) is 26.0 Å². The standard InChI is InChI=1S/C6H13NS.ClH/c1-3-4-8-5-6(2)7;/h3,6H,1,4-5,7H2,2H3;1H/t6-;/m1./s1. The molecule has 0 fully saturated rings. The Balaban J connectivity index is 0. The monoisotopic (exact) mass is 167 g/mol. The van der Waals surface area contributed by atoms with Gasteiger partial charge in [-0.15, -0.1) is 19.0 Å². The molecule has 56 valence electrons. The van der Waals surface area contributed by atoms with Gasteiger partial charge in [-0.05, 0) is 6.92 Å². The van der Waals surface area contributed by atoms with Crippen molar-refractivity contribution in [1.82, 2.24) is 0 Å². The van der Waals surface area contributed by atoms with Crippen molar-refractivity contribution in [2.75, 3.05) is 11.5 Å². The molecule has 0 aromatic rings. The van der Waals surface area contributed by atoms with Gasteiger partial charge in [-0.25, -0.2) is 0 Å². The van der Waals surface area contributed by atoms with Crippen LogP contribution >= 0.6 is 24.2 Å². The predicted octanol–water partition coefficient (Wildman–Crippen LogP) is 1.67. The SMILES string of the molecule is C=CCSC[C@@H](C)N.Cl. The fourth-order valence-corrected chi connectivity index (χ4v) is 1.01. The average molecular weight is 168 g/mol. The van der Waals surface area contributed by atoms with E-state index >= 15 is 0 Å². The van der Waals surface area contributed by atoms with Crippen LogP contribution in [0.1, 0.15) is 6.92 Å². The van der Waals surface area contributed by atoms with Crippen molar-refractivity contribution in [1.29, 1.82) is 0 Å². The molecule has 0 aliphatic heterocycles. The van der Waals surface area contributed by atoms with Gasteiger partial charge in [0, 0.05) is 17.5 Å². The minimum Gasteiger partial charge on any atom is -0.327 e. The summed E-state index contributed by atoms with van der Waals surface area (Å²) in [7, 11) is 0. The fraction of sp³-hybridized carbons (Fsp3) is 0.667. The molecule has 1 nitrogen and oxygen atoms in total. The Morgan fingerprint density at radius 1 is 1.78 bits per heavy atom. The Hall–Kier alpha value is 0.340. The number of rotatable bonds is 4. The van der Waals surface area contributed by atoms with Crippen molar-refractivity contribution < 1.29 is 0 Å². The van der Waals surface area contributed by atoms with Crippen LogP contribution < -0.4 is 5.73 Å². The summed E-state index contributed by atoms with van der Waals surface area (Å²) in [5.74, 6) is 2.05. The normalized spacial score (nSPS) is 11.8. The molecule has 0 aliphatic carbocycles. The number of nitrogens with two attached hydrogens (primary N) is 1. The molecular formula is C6H14ClNS. The Kier molecular flexibility index (Phi) is 11.2. The highest BCUT2D eigenvalue weighted by atomic mass is 35.5. The molecule has 3 heteroatoms. The summed E-state index contributed by atoms with van der Waals surface area (Å²) in [4.78, 5) is 0. The predicted molar refractivity (Wildman–Crippen MR) is 48.4 cm³/mol. The van der Waals surface area contributed by atoms with Gasteiger partial charge in [-0.3, -0.25) is 0 Å². The first-order valence-corrected chi connectivity index (χ1v) is 3.87. The van der Waals surface area contributed by atoms with E-state index in [9.17, 15) is 0 Å². The molecule has 0 saturated heterocycles. The van der Waals surface area contributed by atoms with Crippen LogP contribution in [0, 0.1) is 0 Å². The first-order chi connectivity index (χ1) is 3.77. The molecule has 0 aromatic heterocycles. The van der Waals surface area contributed by atoms with Crippen molar-refractivity contribution >= 4 is 24.2 Å². The molecule has 2 N–H and O–H groups in total. The van der Waals surface area contributed by atoms with E-state index in [0.29, 0.717) is 6.04 Å². The number of hydrogen-bond donors (Lipinski definition) is 1. The summed E-state index contributed by atoms with van der Waals surface area (Å²) >= 11 is 1.82. The quantitative estimate of drug-likeness (QED) is 0.510.